The smallest absolute Gasteiger partial charge is 0.390 e. The number of aromatic nitrogens is 2. The van der Waals surface area contributed by atoms with Gasteiger partial charge in [0.05, 0.1) is 57.7 Å². The van der Waals surface area contributed by atoms with Gasteiger partial charge < -0.3 is 50.1 Å². The van der Waals surface area contributed by atoms with Gasteiger partial charge in [-0.25, -0.2) is 18.5 Å². The third-order valence-corrected chi connectivity index (χ3v) is 20.7. The van der Waals surface area contributed by atoms with Crippen LogP contribution in [-0.2, 0) is 78.8 Å². The van der Waals surface area contributed by atoms with E-state index in [-0.39, 0.29) is 75.8 Å². The number of hydrogen-bond acceptors (Lipinski definition) is 20. The number of anilines is 2. The van der Waals surface area contributed by atoms with Crippen LogP contribution >= 0.6 is 23.5 Å². The molecule has 4 aromatic rings. The zero-order chi connectivity index (χ0) is 67.4. The van der Waals surface area contributed by atoms with Crippen molar-refractivity contribution in [2.24, 2.45) is 5.92 Å². The van der Waals surface area contributed by atoms with Gasteiger partial charge in [0.1, 0.15) is 24.7 Å². The Hall–Kier alpha value is -6.43. The number of nitrogens with one attached hydrogen (secondary N) is 1. The number of hydrogen-bond donors (Lipinski definition) is 9. The first-order valence-electron chi connectivity index (χ1n) is 28.1. The average Bonchev–Trinajstić information content (AvgIpc) is 1.60. The maximum atomic E-state index is 13.0. The lowest BCUT2D eigenvalue weighted by Crippen LogP contribution is -2.29. The average molecular weight is 1370 g/mol. The Kier molecular flexibility index (Phi) is 22.5. The predicted octanol–water partition coefficient (Wildman–Crippen LogP) is 7.05. The van der Waals surface area contributed by atoms with E-state index in [0.29, 0.717) is 37.9 Å². The molecule has 6 atom stereocenters. The number of unbranched alkanes of at least 4 members (excludes halogenated alkanes) is 2. The molecule has 1 saturated heterocycles. The summed E-state index contributed by atoms with van der Waals surface area (Å²) >= 11 is 0. The summed E-state index contributed by atoms with van der Waals surface area (Å²) in [7, 11) is -26.0. The number of phosphoric acid groups is 3. The molecule has 1 fully saturated rings. The molecule has 1 amide bonds. The fraction of sp³-hybridized carbons (Fsp3) is 0.429. The number of benzene rings is 3. The number of aliphatic hydroxyl groups excluding tert-OH is 1. The Bertz CT molecular complexity index is 4130. The van der Waals surface area contributed by atoms with Gasteiger partial charge in [-0.2, -0.15) is 35.0 Å². The number of ether oxygens (including phenoxy) is 2. The summed E-state index contributed by atoms with van der Waals surface area (Å²) in [5, 5.41) is 25.8. The first-order chi connectivity index (χ1) is 42.2. The molecule has 1 aromatic heterocycles. The van der Waals surface area contributed by atoms with Gasteiger partial charge in [0.25, 0.3) is 25.9 Å². The van der Waals surface area contributed by atoms with Crippen molar-refractivity contribution in [2.45, 2.75) is 132 Å². The van der Waals surface area contributed by atoms with Crippen LogP contribution in [0.25, 0.3) is 0 Å². The highest BCUT2D eigenvalue weighted by Gasteiger charge is 2.46. The second-order valence-electron chi connectivity index (χ2n) is 22.7. The number of aliphatic hydroxyl groups is 1. The van der Waals surface area contributed by atoms with Crippen molar-refractivity contribution in [3.05, 3.63) is 145 Å². The first-order valence-corrected chi connectivity index (χ1v) is 35.5. The van der Waals surface area contributed by atoms with Gasteiger partial charge in [-0.05, 0) is 93.6 Å². The molecular formula is C56H71N7O23P3S2+. The fourth-order valence-electron chi connectivity index (χ4n) is 10.9. The first kappa shape index (κ1) is 72.0. The van der Waals surface area contributed by atoms with Crippen LogP contribution in [0.5, 0.6) is 0 Å². The molecule has 3 unspecified atom stereocenters. The van der Waals surface area contributed by atoms with Crippen LogP contribution in [0.2, 0.25) is 0 Å². The van der Waals surface area contributed by atoms with Crippen LogP contribution in [0.1, 0.15) is 121 Å². The third kappa shape index (κ3) is 17.8. The minimum Gasteiger partial charge on any atom is -0.390 e. The van der Waals surface area contributed by atoms with Crippen molar-refractivity contribution >= 4 is 78.2 Å². The van der Waals surface area contributed by atoms with Gasteiger partial charge in [-0.1, -0.05) is 57.8 Å². The molecule has 0 saturated carbocycles. The van der Waals surface area contributed by atoms with Crippen molar-refractivity contribution < 1.29 is 101 Å². The van der Waals surface area contributed by atoms with E-state index in [9.17, 15) is 74.2 Å². The van der Waals surface area contributed by atoms with E-state index < -0.39 is 96.3 Å². The zero-order valence-corrected chi connectivity index (χ0v) is 54.6. The highest BCUT2D eigenvalue weighted by Crippen LogP contribution is 2.66. The highest BCUT2D eigenvalue weighted by molar-refractivity contribution is 7.86. The molecule has 0 spiro atoms. The van der Waals surface area contributed by atoms with Crippen LogP contribution in [0.4, 0.5) is 22.9 Å². The summed E-state index contributed by atoms with van der Waals surface area (Å²) in [4.78, 5) is 80.0. The summed E-state index contributed by atoms with van der Waals surface area (Å²) in [5.41, 5.74) is 8.80. The van der Waals surface area contributed by atoms with Crippen LogP contribution in [0, 0.1) is 27.9 Å². The Morgan fingerprint density at radius 1 is 0.934 bits per heavy atom. The number of fused-ring (bicyclic) bond motifs is 2. The fourth-order valence-corrected chi connectivity index (χ4v) is 14.9. The van der Waals surface area contributed by atoms with E-state index in [1.54, 1.807) is 32.0 Å². The van der Waals surface area contributed by atoms with E-state index in [0.717, 1.165) is 32.9 Å². The van der Waals surface area contributed by atoms with Crippen LogP contribution in [-0.4, -0.2) is 120 Å². The number of nitrogens with two attached hydrogens (primary N) is 1. The molecule has 3 aromatic carbocycles. The number of phosphoric ester groups is 1. The number of rotatable bonds is 27. The molecule has 7 rings (SSSR count). The monoisotopic (exact) mass is 1370 g/mol. The largest absolute Gasteiger partial charge is 0.490 e. The molecule has 91 heavy (non-hydrogen) atoms. The van der Waals surface area contributed by atoms with E-state index in [1.165, 1.54) is 42.6 Å². The molecule has 30 nitrogen and oxygen atoms in total. The normalized spacial score (nSPS) is 20.2. The molecule has 3 aliphatic rings. The van der Waals surface area contributed by atoms with Crippen molar-refractivity contribution in [1.29, 1.82) is 0 Å². The molecule has 0 bridgehead atoms. The van der Waals surface area contributed by atoms with Gasteiger partial charge in [0.15, 0.2) is 5.71 Å². The van der Waals surface area contributed by atoms with Crippen LogP contribution in [0.15, 0.2) is 111 Å². The van der Waals surface area contributed by atoms with E-state index in [2.05, 4.69) is 44.8 Å². The predicted molar refractivity (Wildman–Crippen MR) is 329 cm³/mol. The van der Waals surface area contributed by atoms with Crippen LogP contribution < -0.4 is 21.6 Å². The Morgan fingerprint density at radius 2 is 1.60 bits per heavy atom. The number of carbonyl (C=O) groups is 1. The summed E-state index contributed by atoms with van der Waals surface area (Å²) in [6.07, 6.45) is 7.07. The van der Waals surface area contributed by atoms with Crippen molar-refractivity contribution in [1.82, 2.24) is 14.9 Å². The SMILES string of the molecule is CCN1\C(=C/C=C/C=C/C2=[N+](CCCCCC(=O)NCC#Cc3ccc(C(OCc4cn([C@H]5C[C@H](O)[C@@H](COP(=O)(O)OP(=O)(O)OP(=O)(O)O)O5)c(=O)nc4N)C(C)C)c([N+](=O)[O-])c3)c3ccc(S(=O)(=O)O)cc3C2(C)C)C(C)(C)c2cc(S(=O)(=O)O)ccc21. The summed E-state index contributed by atoms with van der Waals surface area (Å²) in [5.74, 6) is 4.72. The second-order valence-corrected chi connectivity index (χ2v) is 30.0. The maximum absolute atomic E-state index is 13.0. The standard InChI is InChI=1S/C56H70N7O23P3S2/c1-8-60-43-24-21-38(90(76,77)78)29-41(43)55(4,5)48(60)17-11-9-12-18-49-56(6,7)42-30-39(91(79,80)81)22-25-44(42)61(49)27-14-10-13-19-50(65)58-26-15-16-36-20-23-40(45(28-36)63(67)68)52(35(2)3)82-33-37-32-62(54(66)59-53(37)57)51-31-46(64)47(84-51)34-83-88(72,73)86-89(74,75)85-87(69,70)71/h9,11-12,17-18,20-25,28-30,32,35,46-47,51-52,64H,8,10,13-14,19,26-27,31,33-34H2,1-7H3,(H8-,57,58,59,65,66,69,70,71,72,73,74,75,76,77,78,79,80,81)/p+1/t46-,47+,51+,52?/m0/s1. The lowest BCUT2D eigenvalue weighted by atomic mass is 9.81. The number of nitrogens with zero attached hydrogens (tertiary/aromatic N) is 5. The van der Waals surface area contributed by atoms with Gasteiger partial charge in [-0.15, -0.1) is 0 Å². The summed E-state index contributed by atoms with van der Waals surface area (Å²) in [6.45, 7) is 13.0. The third-order valence-electron chi connectivity index (χ3n) is 15.2. The van der Waals surface area contributed by atoms with E-state index in [4.69, 9.17) is 25.0 Å². The number of carbonyl (C=O) groups excluding carboxylic acids is 1. The zero-order valence-electron chi connectivity index (χ0n) is 50.3. The number of nitrogen functional groups attached to an aromatic ring is 1. The van der Waals surface area contributed by atoms with Crippen molar-refractivity contribution in [3.8, 4) is 11.8 Å². The number of allylic oxidation sites excluding steroid dienone is 6. The molecule has 10 N–H and O–H groups in total. The summed E-state index contributed by atoms with van der Waals surface area (Å²) < 4.78 is 130. The Morgan fingerprint density at radius 3 is 2.24 bits per heavy atom. The molecule has 4 heterocycles. The quantitative estimate of drug-likeness (QED) is 0.00422. The Labute approximate surface area is 524 Å². The lowest BCUT2D eigenvalue weighted by Gasteiger charge is -2.25. The van der Waals surface area contributed by atoms with Gasteiger partial charge in [0, 0.05) is 83.7 Å². The van der Waals surface area contributed by atoms with Gasteiger partial charge in [0.2, 0.25) is 11.6 Å². The molecular weight excluding hydrogens is 1300 g/mol. The lowest BCUT2D eigenvalue weighted by molar-refractivity contribution is -0.438. The van der Waals surface area contributed by atoms with Crippen molar-refractivity contribution in [2.75, 3.05) is 36.9 Å². The molecule has 35 heteroatoms. The minimum atomic E-state index is -5.83. The summed E-state index contributed by atoms with van der Waals surface area (Å²) in [6, 6.07) is 13.3. The molecule has 494 valence electrons. The van der Waals surface area contributed by atoms with E-state index in [1.807, 2.05) is 65.0 Å². The maximum Gasteiger partial charge on any atom is 0.490 e. The van der Waals surface area contributed by atoms with Gasteiger partial charge in [-0.3, -0.25) is 33.1 Å². The molecule has 3 aliphatic heterocycles. The van der Waals surface area contributed by atoms with Crippen molar-refractivity contribution in [3.63, 3.8) is 0 Å². The Balaban J connectivity index is 0.942. The van der Waals surface area contributed by atoms with Crippen LogP contribution in [0.3, 0.4) is 0 Å². The second kappa shape index (κ2) is 28.4. The topological polar surface area (TPSA) is 447 Å². The minimum absolute atomic E-state index is 0.0706. The number of likely N-dealkylation sites (N-methyl/N-ethyl adjacent to an activating group) is 1. The molecule has 0 aliphatic carbocycles. The van der Waals surface area contributed by atoms with E-state index >= 15 is 0 Å². The highest BCUT2D eigenvalue weighted by atomic mass is 32.2. The van der Waals surface area contributed by atoms with Gasteiger partial charge >= 0.3 is 29.2 Å². The number of nitro groups is 1. The molecule has 0 radical (unpaired) electrons. The number of amides is 1. The number of nitro benzene ring substituents is 1.